The number of aliphatic hydroxyl groups is 1. The maximum atomic E-state index is 13.8. The Hall–Kier alpha value is -3.04. The highest BCUT2D eigenvalue weighted by atomic mass is 32.2. The van der Waals surface area contributed by atoms with E-state index in [9.17, 15) is 19.5 Å². The van der Waals surface area contributed by atoms with Crippen LogP contribution in [-0.4, -0.2) is 64.0 Å². The topological polar surface area (TPSA) is 108 Å². The molecule has 3 N–H and O–H groups in total. The number of aliphatic hydroxyl groups excluding tert-OH is 1. The molecular formula is C27H31N3O5S. The van der Waals surface area contributed by atoms with Crippen molar-refractivity contribution in [2.45, 2.75) is 41.8 Å². The second kappa shape index (κ2) is 10.1. The maximum absolute atomic E-state index is 13.8. The molecule has 36 heavy (non-hydrogen) atoms. The van der Waals surface area contributed by atoms with Crippen LogP contribution in [0.15, 0.2) is 54.6 Å². The van der Waals surface area contributed by atoms with Gasteiger partial charge in [-0.05, 0) is 49.1 Å². The van der Waals surface area contributed by atoms with E-state index < -0.39 is 22.6 Å². The third kappa shape index (κ3) is 4.24. The van der Waals surface area contributed by atoms with Crippen LogP contribution < -0.4 is 15.4 Å². The molecule has 1 spiro atoms. The Bertz CT molecular complexity index is 1130. The summed E-state index contributed by atoms with van der Waals surface area (Å²) >= 11 is 1.64. The van der Waals surface area contributed by atoms with Crippen molar-refractivity contribution < 1.29 is 24.2 Å². The molecule has 0 saturated carbocycles. The van der Waals surface area contributed by atoms with Crippen molar-refractivity contribution in [2.24, 2.45) is 11.8 Å². The van der Waals surface area contributed by atoms with Gasteiger partial charge in [-0.1, -0.05) is 30.3 Å². The molecule has 2 aromatic carbocycles. The minimum Gasteiger partial charge on any atom is -0.497 e. The molecule has 3 aliphatic rings. The summed E-state index contributed by atoms with van der Waals surface area (Å²) in [5.41, 5.74) is 1.61. The van der Waals surface area contributed by atoms with E-state index in [-0.39, 0.29) is 36.1 Å². The molecule has 0 aliphatic carbocycles. The molecule has 2 bridgehead atoms. The van der Waals surface area contributed by atoms with Gasteiger partial charge in [-0.25, -0.2) is 0 Å². The number of rotatable bonds is 9. The van der Waals surface area contributed by atoms with Crippen molar-refractivity contribution in [3.05, 3.63) is 60.2 Å². The largest absolute Gasteiger partial charge is 0.497 e. The molecule has 3 fully saturated rings. The molecule has 3 amide bonds. The summed E-state index contributed by atoms with van der Waals surface area (Å²) in [4.78, 5) is 42.5. The van der Waals surface area contributed by atoms with Gasteiger partial charge in [0, 0.05) is 30.6 Å². The minimum absolute atomic E-state index is 0.00556. The highest BCUT2D eigenvalue weighted by Crippen LogP contribution is 2.66. The standard InChI is InChI=1S/C27H31N3O5S/c1-35-19-10-8-18(9-11-19)29-25(33)23-27-13-12-20(36-27)21(22(27)26(34)30(23)14-5-15-31)24(32)28-16-17-6-3-2-4-7-17/h2-4,6-11,20-23,31H,5,12-16H2,1H3,(H,28,32)(H,29,33)/t20-,21+,22+,23?,27?/m1/s1. The SMILES string of the molecule is COc1ccc(NC(=O)C2N(CCCO)C(=O)[C@@H]3[C@@H](C(=O)NCc4ccccc4)[C@H]4CCC23S4)cc1. The van der Waals surface area contributed by atoms with Crippen LogP contribution in [0.2, 0.25) is 0 Å². The van der Waals surface area contributed by atoms with Crippen LogP contribution in [0.1, 0.15) is 24.8 Å². The fraction of sp³-hybridized carbons (Fsp3) is 0.444. The molecule has 0 radical (unpaired) electrons. The van der Waals surface area contributed by atoms with Crippen LogP contribution in [0, 0.1) is 11.8 Å². The lowest BCUT2D eigenvalue weighted by atomic mass is 9.70. The van der Waals surface area contributed by atoms with Gasteiger partial charge in [0.25, 0.3) is 0 Å². The zero-order valence-electron chi connectivity index (χ0n) is 20.2. The molecular weight excluding hydrogens is 478 g/mol. The Balaban J connectivity index is 1.39. The van der Waals surface area contributed by atoms with E-state index in [2.05, 4.69) is 10.6 Å². The Morgan fingerprint density at radius 1 is 1.14 bits per heavy atom. The lowest BCUT2D eigenvalue weighted by Crippen LogP contribution is -2.51. The Kier molecular flexibility index (Phi) is 6.94. The molecule has 2 aromatic rings. The van der Waals surface area contributed by atoms with Crippen molar-refractivity contribution in [1.82, 2.24) is 10.2 Å². The average Bonchev–Trinajstić information content (AvgIpc) is 3.54. The number of anilines is 1. The van der Waals surface area contributed by atoms with Crippen molar-refractivity contribution in [3.8, 4) is 5.75 Å². The van der Waals surface area contributed by atoms with E-state index in [4.69, 9.17) is 4.74 Å². The number of fused-ring (bicyclic) bond motifs is 1. The Morgan fingerprint density at radius 3 is 2.58 bits per heavy atom. The second-order valence-electron chi connectivity index (χ2n) is 9.59. The number of amides is 3. The molecule has 3 saturated heterocycles. The summed E-state index contributed by atoms with van der Waals surface area (Å²) in [5.74, 6) is -0.894. The van der Waals surface area contributed by atoms with E-state index in [1.807, 2.05) is 30.3 Å². The molecule has 190 valence electrons. The van der Waals surface area contributed by atoms with Crippen LogP contribution in [0.25, 0.3) is 0 Å². The van der Waals surface area contributed by atoms with Crippen LogP contribution in [-0.2, 0) is 20.9 Å². The van der Waals surface area contributed by atoms with Gasteiger partial charge in [-0.15, -0.1) is 11.8 Å². The van der Waals surface area contributed by atoms with Gasteiger partial charge < -0.3 is 25.4 Å². The number of thioether (sulfide) groups is 1. The fourth-order valence-electron chi connectivity index (χ4n) is 6.02. The number of hydrogen-bond donors (Lipinski definition) is 3. The van der Waals surface area contributed by atoms with E-state index in [1.165, 1.54) is 0 Å². The maximum Gasteiger partial charge on any atom is 0.248 e. The van der Waals surface area contributed by atoms with E-state index in [1.54, 1.807) is 48.0 Å². The number of nitrogens with zero attached hydrogens (tertiary/aromatic N) is 1. The first-order valence-corrected chi connectivity index (χ1v) is 13.2. The van der Waals surface area contributed by atoms with Gasteiger partial charge in [0.05, 0.1) is 23.7 Å². The molecule has 2 unspecified atom stereocenters. The zero-order valence-corrected chi connectivity index (χ0v) is 21.0. The highest BCUT2D eigenvalue weighted by molar-refractivity contribution is 8.02. The lowest BCUT2D eigenvalue weighted by molar-refractivity contribution is -0.139. The monoisotopic (exact) mass is 509 g/mol. The molecule has 3 heterocycles. The number of carbonyl (C=O) groups is 3. The van der Waals surface area contributed by atoms with Crippen LogP contribution in [0.4, 0.5) is 5.69 Å². The summed E-state index contributed by atoms with van der Waals surface area (Å²) < 4.78 is 4.55. The van der Waals surface area contributed by atoms with Gasteiger partial charge >= 0.3 is 0 Å². The average molecular weight is 510 g/mol. The third-order valence-corrected chi connectivity index (χ3v) is 9.53. The zero-order chi connectivity index (χ0) is 25.3. The van der Waals surface area contributed by atoms with E-state index >= 15 is 0 Å². The first-order chi connectivity index (χ1) is 17.5. The summed E-state index contributed by atoms with van der Waals surface area (Å²) in [5, 5.41) is 15.5. The summed E-state index contributed by atoms with van der Waals surface area (Å²) in [6.07, 6.45) is 1.87. The van der Waals surface area contributed by atoms with Gasteiger partial charge in [0.1, 0.15) is 11.8 Å². The normalized spacial score (nSPS) is 28.2. The quantitative estimate of drug-likeness (QED) is 0.479. The number of benzene rings is 2. The summed E-state index contributed by atoms with van der Waals surface area (Å²) in [6.45, 7) is 0.597. The summed E-state index contributed by atoms with van der Waals surface area (Å²) in [7, 11) is 1.58. The van der Waals surface area contributed by atoms with Gasteiger partial charge in [0.15, 0.2) is 0 Å². The molecule has 3 aliphatic heterocycles. The first-order valence-electron chi connectivity index (χ1n) is 12.3. The molecule has 8 nitrogen and oxygen atoms in total. The number of carbonyl (C=O) groups excluding carboxylic acids is 3. The van der Waals surface area contributed by atoms with Crippen molar-refractivity contribution in [1.29, 1.82) is 0 Å². The first kappa shape index (κ1) is 24.6. The number of likely N-dealkylation sites (tertiary alicyclic amines) is 1. The van der Waals surface area contributed by atoms with E-state index in [0.717, 1.165) is 12.0 Å². The molecule has 0 aromatic heterocycles. The minimum atomic E-state index is -0.703. The van der Waals surface area contributed by atoms with Gasteiger partial charge in [-0.2, -0.15) is 0 Å². The van der Waals surface area contributed by atoms with Gasteiger partial charge in [0.2, 0.25) is 17.7 Å². The highest BCUT2D eigenvalue weighted by Gasteiger charge is 2.73. The molecule has 5 rings (SSSR count). The predicted octanol–water partition coefficient (Wildman–Crippen LogP) is 2.42. The third-order valence-electron chi connectivity index (χ3n) is 7.58. The smallest absolute Gasteiger partial charge is 0.248 e. The second-order valence-corrected chi connectivity index (χ2v) is 11.2. The molecule has 5 atom stereocenters. The van der Waals surface area contributed by atoms with Crippen LogP contribution in [0.3, 0.4) is 0 Å². The van der Waals surface area contributed by atoms with Crippen molar-refractivity contribution >= 4 is 35.2 Å². The molecule has 9 heteroatoms. The van der Waals surface area contributed by atoms with E-state index in [0.29, 0.717) is 30.8 Å². The number of methoxy groups -OCH3 is 1. The van der Waals surface area contributed by atoms with Crippen LogP contribution in [0.5, 0.6) is 5.75 Å². The van der Waals surface area contributed by atoms with Crippen LogP contribution >= 0.6 is 11.8 Å². The predicted molar refractivity (Wildman–Crippen MR) is 137 cm³/mol. The Labute approximate surface area is 214 Å². The number of nitrogens with one attached hydrogen (secondary N) is 2. The number of hydrogen-bond acceptors (Lipinski definition) is 6. The van der Waals surface area contributed by atoms with Gasteiger partial charge in [-0.3, -0.25) is 14.4 Å². The summed E-state index contributed by atoms with van der Waals surface area (Å²) in [6, 6.07) is 16.0. The Morgan fingerprint density at radius 2 is 1.89 bits per heavy atom. The fourth-order valence-corrected chi connectivity index (χ4v) is 8.24. The lowest BCUT2D eigenvalue weighted by Gasteiger charge is -2.34. The number of ether oxygens (including phenoxy) is 1. The van der Waals surface area contributed by atoms with Crippen molar-refractivity contribution in [2.75, 3.05) is 25.6 Å². The van der Waals surface area contributed by atoms with Crippen molar-refractivity contribution in [3.63, 3.8) is 0 Å².